The van der Waals surface area contributed by atoms with Crippen molar-refractivity contribution in [2.75, 3.05) is 24.4 Å². The number of anilines is 2. The SMILES string of the molecule is COc1ccc(NC(=O)[C@]2(C)Oc3cccnc3N(C)C2=O)cc1. The third kappa shape index (κ3) is 2.54. The zero-order valence-electron chi connectivity index (χ0n) is 13.6. The lowest BCUT2D eigenvalue weighted by Crippen LogP contribution is -2.60. The quantitative estimate of drug-likeness (QED) is 0.870. The molecule has 1 atom stereocenters. The number of rotatable bonds is 3. The second-order valence-corrected chi connectivity index (χ2v) is 5.51. The largest absolute Gasteiger partial charge is 0.497 e. The van der Waals surface area contributed by atoms with E-state index in [2.05, 4.69) is 10.3 Å². The summed E-state index contributed by atoms with van der Waals surface area (Å²) < 4.78 is 10.8. The monoisotopic (exact) mass is 327 g/mol. The van der Waals surface area contributed by atoms with Gasteiger partial charge in [-0.15, -0.1) is 0 Å². The van der Waals surface area contributed by atoms with Gasteiger partial charge in [0.25, 0.3) is 17.4 Å². The van der Waals surface area contributed by atoms with Gasteiger partial charge in [0.05, 0.1) is 7.11 Å². The van der Waals surface area contributed by atoms with Crippen LogP contribution in [0.2, 0.25) is 0 Å². The predicted molar refractivity (Wildman–Crippen MR) is 88.3 cm³/mol. The second-order valence-electron chi connectivity index (χ2n) is 5.51. The van der Waals surface area contributed by atoms with E-state index in [1.807, 2.05) is 0 Å². The van der Waals surface area contributed by atoms with E-state index in [1.54, 1.807) is 56.8 Å². The van der Waals surface area contributed by atoms with Crippen LogP contribution in [0.1, 0.15) is 6.92 Å². The van der Waals surface area contributed by atoms with Gasteiger partial charge in [0.1, 0.15) is 5.75 Å². The van der Waals surface area contributed by atoms with Crippen LogP contribution in [-0.2, 0) is 9.59 Å². The molecule has 7 heteroatoms. The highest BCUT2D eigenvalue weighted by molar-refractivity contribution is 6.19. The van der Waals surface area contributed by atoms with E-state index >= 15 is 0 Å². The first kappa shape index (κ1) is 15.8. The molecule has 1 aromatic carbocycles. The van der Waals surface area contributed by atoms with Crippen LogP contribution in [0.15, 0.2) is 42.6 Å². The van der Waals surface area contributed by atoms with Gasteiger partial charge in [0.15, 0.2) is 11.6 Å². The number of methoxy groups -OCH3 is 1. The highest BCUT2D eigenvalue weighted by atomic mass is 16.5. The first-order valence-electron chi connectivity index (χ1n) is 7.33. The molecule has 124 valence electrons. The second kappa shape index (κ2) is 5.84. The fourth-order valence-corrected chi connectivity index (χ4v) is 2.46. The van der Waals surface area contributed by atoms with Crippen LogP contribution in [0.3, 0.4) is 0 Å². The minimum Gasteiger partial charge on any atom is -0.497 e. The van der Waals surface area contributed by atoms with Crippen LogP contribution >= 0.6 is 0 Å². The molecule has 2 heterocycles. The molecule has 2 aromatic rings. The molecule has 24 heavy (non-hydrogen) atoms. The predicted octanol–water partition coefficient (Wildman–Crippen LogP) is 1.84. The highest BCUT2D eigenvalue weighted by Crippen LogP contribution is 2.35. The number of likely N-dealkylation sites (N-methyl/N-ethyl adjacent to an activating group) is 1. The molecule has 0 radical (unpaired) electrons. The van der Waals surface area contributed by atoms with Crippen molar-refractivity contribution in [3.63, 3.8) is 0 Å². The van der Waals surface area contributed by atoms with Gasteiger partial charge in [0, 0.05) is 18.9 Å². The minimum absolute atomic E-state index is 0.381. The van der Waals surface area contributed by atoms with Crippen LogP contribution < -0.4 is 19.7 Å². The number of hydrogen-bond donors (Lipinski definition) is 1. The number of amides is 2. The van der Waals surface area contributed by atoms with Crippen molar-refractivity contribution < 1.29 is 19.1 Å². The lowest BCUT2D eigenvalue weighted by molar-refractivity contribution is -0.145. The highest BCUT2D eigenvalue weighted by Gasteiger charge is 2.50. The summed E-state index contributed by atoms with van der Waals surface area (Å²) in [5, 5.41) is 2.70. The molecular weight excluding hydrogens is 310 g/mol. The molecule has 0 fully saturated rings. The smallest absolute Gasteiger partial charge is 0.281 e. The van der Waals surface area contributed by atoms with Gasteiger partial charge in [0.2, 0.25) is 0 Å². The number of nitrogens with zero attached hydrogens (tertiary/aromatic N) is 2. The number of fused-ring (bicyclic) bond motifs is 1. The molecule has 7 nitrogen and oxygen atoms in total. The lowest BCUT2D eigenvalue weighted by atomic mass is 10.0. The molecule has 0 bridgehead atoms. The fourth-order valence-electron chi connectivity index (χ4n) is 2.46. The summed E-state index contributed by atoms with van der Waals surface area (Å²) in [6, 6.07) is 10.2. The van der Waals surface area contributed by atoms with Crippen molar-refractivity contribution in [2.24, 2.45) is 0 Å². The van der Waals surface area contributed by atoms with Crippen molar-refractivity contribution in [2.45, 2.75) is 12.5 Å². The van der Waals surface area contributed by atoms with E-state index in [9.17, 15) is 9.59 Å². The van der Waals surface area contributed by atoms with Crippen LogP contribution in [0.4, 0.5) is 11.5 Å². The number of aromatic nitrogens is 1. The summed E-state index contributed by atoms with van der Waals surface area (Å²) in [6.45, 7) is 1.45. The fraction of sp³-hybridized carbons (Fsp3) is 0.235. The number of carbonyl (C=O) groups excluding carboxylic acids is 2. The van der Waals surface area contributed by atoms with E-state index in [-0.39, 0.29) is 0 Å². The maximum Gasteiger partial charge on any atom is 0.281 e. The van der Waals surface area contributed by atoms with E-state index < -0.39 is 17.4 Å². The molecule has 0 aliphatic carbocycles. The Morgan fingerprint density at radius 3 is 2.67 bits per heavy atom. The number of carbonyl (C=O) groups is 2. The molecule has 2 amide bonds. The Balaban J connectivity index is 1.86. The first-order chi connectivity index (χ1) is 11.5. The molecule has 1 aromatic heterocycles. The minimum atomic E-state index is -1.68. The summed E-state index contributed by atoms with van der Waals surface area (Å²) in [5.41, 5.74) is -1.14. The number of hydrogen-bond acceptors (Lipinski definition) is 5. The van der Waals surface area contributed by atoms with Crippen molar-refractivity contribution in [1.82, 2.24) is 4.98 Å². The topological polar surface area (TPSA) is 80.8 Å². The van der Waals surface area contributed by atoms with Crippen molar-refractivity contribution >= 4 is 23.3 Å². The zero-order chi connectivity index (χ0) is 17.3. The Bertz CT molecular complexity index is 791. The molecule has 1 aliphatic heterocycles. The summed E-state index contributed by atoms with van der Waals surface area (Å²) in [7, 11) is 3.13. The Labute approximate surface area is 139 Å². The van der Waals surface area contributed by atoms with Crippen molar-refractivity contribution in [3.8, 4) is 11.5 Å². The Morgan fingerprint density at radius 2 is 2.00 bits per heavy atom. The van der Waals surface area contributed by atoms with E-state index in [0.29, 0.717) is 23.0 Å². The lowest BCUT2D eigenvalue weighted by Gasteiger charge is -2.36. The van der Waals surface area contributed by atoms with Crippen LogP contribution in [-0.4, -0.2) is 36.6 Å². The molecule has 3 rings (SSSR count). The van der Waals surface area contributed by atoms with Gasteiger partial charge in [-0.25, -0.2) is 4.98 Å². The maximum absolute atomic E-state index is 12.7. The van der Waals surface area contributed by atoms with Crippen LogP contribution in [0.5, 0.6) is 11.5 Å². The van der Waals surface area contributed by atoms with Crippen molar-refractivity contribution in [1.29, 1.82) is 0 Å². The van der Waals surface area contributed by atoms with Crippen LogP contribution in [0.25, 0.3) is 0 Å². The van der Waals surface area contributed by atoms with E-state index in [0.717, 1.165) is 0 Å². The first-order valence-corrected chi connectivity index (χ1v) is 7.33. The van der Waals surface area contributed by atoms with Gasteiger partial charge < -0.3 is 14.8 Å². The maximum atomic E-state index is 12.7. The standard InChI is InChI=1S/C17H17N3O4/c1-17(15(21)19-11-6-8-12(23-3)9-7-11)16(22)20(2)14-13(24-17)5-4-10-18-14/h4-10H,1-3H3,(H,19,21)/t17-/m0/s1. The Hall–Kier alpha value is -3.09. The number of pyridine rings is 1. The summed E-state index contributed by atoms with van der Waals surface area (Å²) in [6.07, 6.45) is 1.56. The van der Waals surface area contributed by atoms with Gasteiger partial charge in [-0.3, -0.25) is 14.5 Å². The molecule has 1 N–H and O–H groups in total. The molecule has 0 unspecified atom stereocenters. The van der Waals surface area contributed by atoms with Gasteiger partial charge in [-0.2, -0.15) is 0 Å². The normalized spacial score (nSPS) is 19.3. The molecule has 1 aliphatic rings. The van der Waals surface area contributed by atoms with Gasteiger partial charge >= 0.3 is 0 Å². The van der Waals surface area contributed by atoms with E-state index in [1.165, 1.54) is 11.8 Å². The Morgan fingerprint density at radius 1 is 1.29 bits per heavy atom. The zero-order valence-corrected chi connectivity index (χ0v) is 13.6. The average molecular weight is 327 g/mol. The molecule has 0 saturated heterocycles. The number of nitrogens with one attached hydrogen (secondary N) is 1. The van der Waals surface area contributed by atoms with E-state index in [4.69, 9.17) is 9.47 Å². The van der Waals surface area contributed by atoms with Crippen molar-refractivity contribution in [3.05, 3.63) is 42.6 Å². The average Bonchev–Trinajstić information content (AvgIpc) is 2.60. The Kier molecular flexibility index (Phi) is 3.84. The molecule has 0 spiro atoms. The van der Waals surface area contributed by atoms with Gasteiger partial charge in [-0.05, 0) is 43.3 Å². The van der Waals surface area contributed by atoms with Crippen LogP contribution in [0, 0.1) is 0 Å². The molecule has 0 saturated carbocycles. The van der Waals surface area contributed by atoms with Gasteiger partial charge in [-0.1, -0.05) is 0 Å². The summed E-state index contributed by atoms with van der Waals surface area (Å²) in [5.74, 6) is 0.395. The molecular formula is C17H17N3O4. The third-order valence-electron chi connectivity index (χ3n) is 3.88. The number of ether oxygens (including phenoxy) is 2. The third-order valence-corrected chi connectivity index (χ3v) is 3.88. The number of benzene rings is 1. The summed E-state index contributed by atoms with van der Waals surface area (Å²) >= 11 is 0. The summed E-state index contributed by atoms with van der Waals surface area (Å²) in [4.78, 5) is 30.7.